The number of hydrogen-bond donors (Lipinski definition) is 0. The first-order valence-corrected chi connectivity index (χ1v) is 6.35. The molecule has 1 aromatic heterocycles. The van der Waals surface area contributed by atoms with Gasteiger partial charge in [0, 0.05) is 23.4 Å². The average Bonchev–Trinajstić information content (AvgIpc) is 1.99. The Kier molecular flexibility index (Phi) is 3.64. The lowest BCUT2D eigenvalue weighted by Gasteiger charge is -2.09. The number of aromatic nitrogens is 1. The molecule has 1 heterocycles. The Morgan fingerprint density at radius 3 is 2.53 bits per heavy atom. The highest BCUT2D eigenvalue weighted by Gasteiger charge is 2.18. The fraction of sp³-hybridized carbons (Fsp3) is 0.375. The van der Waals surface area contributed by atoms with Crippen molar-refractivity contribution in [3.05, 3.63) is 23.6 Å². The van der Waals surface area contributed by atoms with E-state index in [1.807, 2.05) is 19.0 Å². The van der Waals surface area contributed by atoms with Gasteiger partial charge in [0.2, 0.25) is 5.03 Å². The molecule has 0 aliphatic heterocycles. The standard InChI is InChI=1S/C8H10ClFN2O2S/c1-12(2)5-6-3-7(10)8(11-4-6)15(9,13)14/h3-4H,5H2,1-2H3. The minimum atomic E-state index is -4.11. The molecular formula is C8H10ClFN2O2S. The van der Waals surface area contributed by atoms with Crippen molar-refractivity contribution in [1.29, 1.82) is 0 Å². The molecule has 0 radical (unpaired) electrons. The van der Waals surface area contributed by atoms with Crippen molar-refractivity contribution in [2.75, 3.05) is 14.1 Å². The minimum absolute atomic E-state index is 0.479. The van der Waals surface area contributed by atoms with E-state index in [0.717, 1.165) is 6.07 Å². The van der Waals surface area contributed by atoms with Gasteiger partial charge in [-0.25, -0.2) is 17.8 Å². The molecule has 0 aliphatic rings. The number of pyridine rings is 1. The van der Waals surface area contributed by atoms with Gasteiger partial charge < -0.3 is 4.90 Å². The summed E-state index contributed by atoms with van der Waals surface area (Å²) in [6, 6.07) is 1.11. The van der Waals surface area contributed by atoms with Crippen LogP contribution in [0, 0.1) is 5.82 Å². The van der Waals surface area contributed by atoms with Gasteiger partial charge in [0.05, 0.1) is 0 Å². The van der Waals surface area contributed by atoms with Gasteiger partial charge in [0.1, 0.15) is 0 Å². The summed E-state index contributed by atoms with van der Waals surface area (Å²) in [7, 11) is 4.49. The van der Waals surface area contributed by atoms with Gasteiger partial charge in [0.15, 0.2) is 5.82 Å². The zero-order valence-electron chi connectivity index (χ0n) is 8.24. The van der Waals surface area contributed by atoms with Gasteiger partial charge in [-0.2, -0.15) is 0 Å². The fourth-order valence-electron chi connectivity index (χ4n) is 1.10. The number of rotatable bonds is 3. The first-order chi connectivity index (χ1) is 6.80. The Balaban J connectivity index is 3.09. The van der Waals surface area contributed by atoms with Crippen LogP contribution in [-0.4, -0.2) is 32.4 Å². The SMILES string of the molecule is CN(C)Cc1cnc(S(=O)(=O)Cl)c(F)c1. The Labute approximate surface area is 92.1 Å². The zero-order valence-corrected chi connectivity index (χ0v) is 9.81. The molecule has 0 N–H and O–H groups in total. The Bertz CT molecular complexity index is 462. The normalized spacial score (nSPS) is 12.1. The van der Waals surface area contributed by atoms with Gasteiger partial charge in [-0.05, 0) is 25.7 Å². The van der Waals surface area contributed by atoms with E-state index in [1.54, 1.807) is 0 Å². The molecule has 84 valence electrons. The zero-order chi connectivity index (χ0) is 11.6. The van der Waals surface area contributed by atoms with Crippen molar-refractivity contribution in [1.82, 2.24) is 9.88 Å². The van der Waals surface area contributed by atoms with E-state index < -0.39 is 19.9 Å². The van der Waals surface area contributed by atoms with E-state index in [9.17, 15) is 12.8 Å². The summed E-state index contributed by atoms with van der Waals surface area (Å²) in [4.78, 5) is 5.29. The van der Waals surface area contributed by atoms with Crippen LogP contribution in [0.3, 0.4) is 0 Å². The average molecular weight is 253 g/mol. The lowest BCUT2D eigenvalue weighted by atomic mass is 10.3. The molecule has 7 heteroatoms. The van der Waals surface area contributed by atoms with Crippen LogP contribution in [0.1, 0.15) is 5.56 Å². The summed E-state index contributed by atoms with van der Waals surface area (Å²) in [6.07, 6.45) is 1.29. The summed E-state index contributed by atoms with van der Waals surface area (Å²) in [5, 5.41) is -0.730. The lowest BCUT2D eigenvalue weighted by Crippen LogP contribution is -2.12. The van der Waals surface area contributed by atoms with Crippen LogP contribution in [0.15, 0.2) is 17.3 Å². The van der Waals surface area contributed by atoms with Crippen LogP contribution in [0.2, 0.25) is 0 Å². The van der Waals surface area contributed by atoms with Crippen LogP contribution in [0.4, 0.5) is 4.39 Å². The predicted octanol–water partition coefficient (Wildman–Crippen LogP) is 1.21. The van der Waals surface area contributed by atoms with Gasteiger partial charge in [-0.15, -0.1) is 0 Å². The van der Waals surface area contributed by atoms with E-state index in [-0.39, 0.29) is 0 Å². The lowest BCUT2D eigenvalue weighted by molar-refractivity contribution is 0.400. The maximum Gasteiger partial charge on any atom is 0.281 e. The van der Waals surface area contributed by atoms with E-state index >= 15 is 0 Å². The second-order valence-corrected chi connectivity index (χ2v) is 5.79. The van der Waals surface area contributed by atoms with Crippen molar-refractivity contribution in [3.63, 3.8) is 0 Å². The van der Waals surface area contributed by atoms with Crippen molar-refractivity contribution in [2.24, 2.45) is 0 Å². The molecule has 0 saturated carbocycles. The third-order valence-corrected chi connectivity index (χ3v) is 2.79. The molecule has 0 fully saturated rings. The summed E-state index contributed by atoms with van der Waals surface area (Å²) in [5.41, 5.74) is 0.585. The maximum atomic E-state index is 13.3. The molecular weight excluding hydrogens is 243 g/mol. The Morgan fingerprint density at radius 1 is 1.53 bits per heavy atom. The summed E-state index contributed by atoms with van der Waals surface area (Å²) in [6.45, 7) is 0.479. The molecule has 0 bridgehead atoms. The van der Waals surface area contributed by atoms with Crippen LogP contribution in [-0.2, 0) is 15.6 Å². The molecule has 15 heavy (non-hydrogen) atoms. The van der Waals surface area contributed by atoms with Crippen LogP contribution in [0.5, 0.6) is 0 Å². The smallest absolute Gasteiger partial charge is 0.281 e. The summed E-state index contributed by atoms with van der Waals surface area (Å²) < 4.78 is 34.9. The molecule has 4 nitrogen and oxygen atoms in total. The molecule has 0 aliphatic carbocycles. The van der Waals surface area contributed by atoms with E-state index in [1.165, 1.54) is 6.20 Å². The second-order valence-electron chi connectivity index (χ2n) is 3.31. The molecule has 0 aromatic carbocycles. The molecule has 0 amide bonds. The van der Waals surface area contributed by atoms with Gasteiger partial charge in [-0.1, -0.05) is 0 Å². The maximum absolute atomic E-state index is 13.3. The van der Waals surface area contributed by atoms with Gasteiger partial charge >= 0.3 is 0 Å². The van der Waals surface area contributed by atoms with Crippen LogP contribution < -0.4 is 0 Å². The third kappa shape index (κ3) is 3.40. The minimum Gasteiger partial charge on any atom is -0.305 e. The highest BCUT2D eigenvalue weighted by molar-refractivity contribution is 8.13. The van der Waals surface area contributed by atoms with Crippen LogP contribution >= 0.6 is 10.7 Å². The molecule has 0 unspecified atom stereocenters. The van der Waals surface area contributed by atoms with Crippen molar-refractivity contribution < 1.29 is 12.8 Å². The monoisotopic (exact) mass is 252 g/mol. The number of hydrogen-bond acceptors (Lipinski definition) is 4. The molecule has 1 aromatic rings. The Hall–Kier alpha value is -0.720. The third-order valence-electron chi connectivity index (χ3n) is 1.59. The Morgan fingerprint density at radius 2 is 2.13 bits per heavy atom. The highest BCUT2D eigenvalue weighted by atomic mass is 35.7. The predicted molar refractivity (Wildman–Crippen MR) is 54.6 cm³/mol. The summed E-state index contributed by atoms with van der Waals surface area (Å²) >= 11 is 0. The van der Waals surface area contributed by atoms with Crippen molar-refractivity contribution in [3.8, 4) is 0 Å². The van der Waals surface area contributed by atoms with Gasteiger partial charge in [-0.3, -0.25) is 0 Å². The van der Waals surface area contributed by atoms with Crippen molar-refractivity contribution >= 4 is 19.7 Å². The molecule has 0 saturated heterocycles. The number of nitrogens with zero attached hydrogens (tertiary/aromatic N) is 2. The van der Waals surface area contributed by atoms with Crippen LogP contribution in [0.25, 0.3) is 0 Å². The summed E-state index contributed by atoms with van der Waals surface area (Å²) in [5.74, 6) is -0.927. The van der Waals surface area contributed by atoms with E-state index in [2.05, 4.69) is 4.98 Å². The van der Waals surface area contributed by atoms with Crippen molar-refractivity contribution in [2.45, 2.75) is 11.6 Å². The first-order valence-electron chi connectivity index (χ1n) is 4.04. The highest BCUT2D eigenvalue weighted by Crippen LogP contribution is 2.17. The second kappa shape index (κ2) is 4.42. The molecule has 1 rings (SSSR count). The van der Waals surface area contributed by atoms with E-state index in [4.69, 9.17) is 10.7 Å². The molecule has 0 atom stereocenters. The largest absolute Gasteiger partial charge is 0.305 e. The topological polar surface area (TPSA) is 50.3 Å². The first kappa shape index (κ1) is 12.4. The quantitative estimate of drug-likeness (QED) is 0.759. The van der Waals surface area contributed by atoms with Gasteiger partial charge in [0.25, 0.3) is 9.05 Å². The molecule has 0 spiro atoms. The van der Waals surface area contributed by atoms with E-state index in [0.29, 0.717) is 12.1 Å². The number of halogens is 2. The fourth-order valence-corrected chi connectivity index (χ4v) is 1.91.